The average molecular weight is 389 g/mol. The molecular formula is C25H28O2Si. The van der Waals surface area contributed by atoms with Gasteiger partial charge in [0.15, 0.2) is 0 Å². The van der Waals surface area contributed by atoms with Crippen LogP contribution in [0.4, 0.5) is 0 Å². The molecule has 0 aliphatic carbocycles. The second kappa shape index (κ2) is 9.54. The first kappa shape index (κ1) is 20.1. The summed E-state index contributed by atoms with van der Waals surface area (Å²) in [5, 5.41) is 12.9. The van der Waals surface area contributed by atoms with Gasteiger partial charge in [-0.2, -0.15) is 0 Å². The molecule has 3 aromatic carbocycles. The molecule has 3 aromatic rings. The van der Waals surface area contributed by atoms with Crippen LogP contribution in [0.15, 0.2) is 97.1 Å². The van der Waals surface area contributed by atoms with Crippen LogP contribution in [-0.2, 0) is 4.43 Å². The van der Waals surface area contributed by atoms with E-state index in [0.717, 1.165) is 17.7 Å². The fraction of sp³-hybridized carbons (Fsp3) is 0.200. The molecule has 0 aromatic heterocycles. The lowest BCUT2D eigenvalue weighted by molar-refractivity contribution is 0.210. The maximum absolute atomic E-state index is 10.5. The first-order valence-corrected chi connectivity index (χ1v) is 12.3. The Morgan fingerprint density at radius 2 is 1.32 bits per heavy atom. The van der Waals surface area contributed by atoms with Gasteiger partial charge in [0.25, 0.3) is 0 Å². The van der Waals surface area contributed by atoms with Crippen molar-refractivity contribution in [3.63, 3.8) is 0 Å². The molecule has 2 nitrogen and oxygen atoms in total. The molecule has 0 heterocycles. The minimum Gasteiger partial charge on any atom is -0.535 e. The van der Waals surface area contributed by atoms with E-state index in [1.165, 1.54) is 10.4 Å². The predicted octanol–water partition coefficient (Wildman–Crippen LogP) is 4.59. The van der Waals surface area contributed by atoms with Crippen molar-refractivity contribution < 1.29 is 9.53 Å². The largest absolute Gasteiger partial charge is 0.535 e. The van der Waals surface area contributed by atoms with E-state index in [9.17, 15) is 5.11 Å². The predicted molar refractivity (Wildman–Crippen MR) is 120 cm³/mol. The molecule has 0 radical (unpaired) electrons. The molecule has 3 rings (SSSR count). The zero-order valence-corrected chi connectivity index (χ0v) is 17.6. The minimum atomic E-state index is -2.52. The van der Waals surface area contributed by atoms with Crippen LogP contribution in [-0.4, -0.2) is 19.5 Å². The van der Waals surface area contributed by atoms with Gasteiger partial charge in [-0.25, -0.2) is 0 Å². The van der Waals surface area contributed by atoms with E-state index in [2.05, 4.69) is 62.0 Å². The van der Waals surface area contributed by atoms with Crippen LogP contribution in [0.2, 0.25) is 6.55 Å². The second-order valence-electron chi connectivity index (χ2n) is 7.12. The normalized spacial score (nSPS) is 13.2. The van der Waals surface area contributed by atoms with Crippen molar-refractivity contribution in [1.29, 1.82) is 0 Å². The number of hydrogen-bond acceptors (Lipinski definition) is 2. The summed E-state index contributed by atoms with van der Waals surface area (Å²) < 4.78 is 6.85. The van der Waals surface area contributed by atoms with Crippen molar-refractivity contribution in [3.05, 3.63) is 103 Å². The van der Waals surface area contributed by atoms with Crippen molar-refractivity contribution in [2.45, 2.75) is 32.4 Å². The van der Waals surface area contributed by atoms with Crippen molar-refractivity contribution >= 4 is 24.5 Å². The number of rotatable bonds is 8. The molecule has 0 bridgehead atoms. The first-order chi connectivity index (χ1) is 13.6. The number of hydrogen-bond donors (Lipinski definition) is 1. The van der Waals surface area contributed by atoms with Gasteiger partial charge in [-0.3, -0.25) is 0 Å². The summed E-state index contributed by atoms with van der Waals surface area (Å²) in [6.07, 6.45) is 2.99. The molecule has 0 saturated heterocycles. The molecule has 3 heteroatoms. The Kier molecular flexibility index (Phi) is 6.85. The summed E-state index contributed by atoms with van der Waals surface area (Å²) in [5.41, 5.74) is 0.989. The van der Waals surface area contributed by atoms with Crippen LogP contribution in [0.25, 0.3) is 5.76 Å². The number of benzene rings is 3. The third-order valence-corrected chi connectivity index (χ3v) is 8.45. The second-order valence-corrected chi connectivity index (χ2v) is 10.5. The Hall–Kier alpha value is -2.62. The van der Waals surface area contributed by atoms with E-state index in [4.69, 9.17) is 4.43 Å². The third-order valence-electron chi connectivity index (χ3n) is 4.95. The first-order valence-electron chi connectivity index (χ1n) is 9.89. The van der Waals surface area contributed by atoms with Crippen molar-refractivity contribution in [3.8, 4) is 0 Å². The van der Waals surface area contributed by atoms with E-state index in [-0.39, 0.29) is 0 Å². The smallest absolute Gasteiger partial charge is 0.311 e. The molecule has 0 aliphatic heterocycles. The van der Waals surface area contributed by atoms with Gasteiger partial charge in [-0.05, 0) is 29.4 Å². The Morgan fingerprint density at radius 1 is 0.857 bits per heavy atom. The van der Waals surface area contributed by atoms with Crippen LogP contribution in [0, 0.1) is 0 Å². The van der Waals surface area contributed by atoms with Gasteiger partial charge in [0.1, 0.15) is 5.76 Å². The number of aliphatic hydroxyl groups excluding tert-OH is 1. The Balaban J connectivity index is 2.08. The van der Waals surface area contributed by atoms with Gasteiger partial charge in [0, 0.05) is 5.56 Å². The molecular weight excluding hydrogens is 360 g/mol. The van der Waals surface area contributed by atoms with Crippen molar-refractivity contribution in [1.82, 2.24) is 0 Å². The molecule has 0 spiro atoms. The van der Waals surface area contributed by atoms with E-state index in [1.54, 1.807) is 0 Å². The molecule has 0 aliphatic rings. The summed E-state index contributed by atoms with van der Waals surface area (Å²) in [6, 6.07) is 30.9. The SMILES string of the molecule is CCCC(O)/C=C(/O[Si](C)(c1ccccc1)c1ccccc1)c1ccccc1. The summed E-state index contributed by atoms with van der Waals surface area (Å²) in [4.78, 5) is 0. The standard InChI is InChI=1S/C25H28O2Si/c1-3-13-22(26)20-25(21-14-7-4-8-15-21)27-28(2,23-16-9-5-10-17-23)24-18-11-6-12-19-24/h4-12,14-20,22,26H,3,13H2,1-2H3/b25-20+. The van der Waals surface area contributed by atoms with Gasteiger partial charge in [0.05, 0.1) is 6.10 Å². The monoisotopic (exact) mass is 388 g/mol. The van der Waals surface area contributed by atoms with Gasteiger partial charge in [-0.1, -0.05) is 104 Å². The van der Waals surface area contributed by atoms with E-state index < -0.39 is 14.4 Å². The molecule has 0 fully saturated rings. The van der Waals surface area contributed by atoms with E-state index in [0.29, 0.717) is 6.42 Å². The molecule has 144 valence electrons. The van der Waals surface area contributed by atoms with Gasteiger partial charge in [-0.15, -0.1) is 0 Å². The van der Waals surface area contributed by atoms with E-state index >= 15 is 0 Å². The minimum absolute atomic E-state index is 0.523. The lowest BCUT2D eigenvalue weighted by atomic mass is 10.1. The highest BCUT2D eigenvalue weighted by Crippen LogP contribution is 2.23. The van der Waals surface area contributed by atoms with Crippen LogP contribution in [0.3, 0.4) is 0 Å². The van der Waals surface area contributed by atoms with Gasteiger partial charge >= 0.3 is 8.32 Å². The Morgan fingerprint density at radius 3 is 1.79 bits per heavy atom. The Bertz CT molecular complexity index is 837. The molecule has 0 saturated carbocycles. The maximum atomic E-state index is 10.5. The van der Waals surface area contributed by atoms with Crippen LogP contribution >= 0.6 is 0 Å². The fourth-order valence-corrected chi connectivity index (χ4v) is 6.21. The fourth-order valence-electron chi connectivity index (χ4n) is 3.36. The molecule has 1 N–H and O–H groups in total. The van der Waals surface area contributed by atoms with Gasteiger partial charge in [0.2, 0.25) is 0 Å². The highest BCUT2D eigenvalue weighted by Gasteiger charge is 2.37. The topological polar surface area (TPSA) is 29.5 Å². The average Bonchev–Trinajstić information content (AvgIpc) is 2.75. The van der Waals surface area contributed by atoms with Crippen LogP contribution in [0.1, 0.15) is 25.3 Å². The third kappa shape index (κ3) is 4.80. The quantitative estimate of drug-likeness (QED) is 0.452. The Labute approximate surface area is 169 Å². The van der Waals surface area contributed by atoms with Gasteiger partial charge < -0.3 is 9.53 Å². The summed E-state index contributed by atoms with van der Waals surface area (Å²) in [7, 11) is -2.52. The zero-order valence-electron chi connectivity index (χ0n) is 16.6. The maximum Gasteiger partial charge on any atom is 0.311 e. The molecule has 1 unspecified atom stereocenters. The number of aliphatic hydroxyl groups is 1. The molecule has 1 atom stereocenters. The summed E-state index contributed by atoms with van der Waals surface area (Å²) in [5.74, 6) is 0.753. The van der Waals surface area contributed by atoms with Crippen molar-refractivity contribution in [2.24, 2.45) is 0 Å². The molecule has 28 heavy (non-hydrogen) atoms. The van der Waals surface area contributed by atoms with Crippen LogP contribution in [0.5, 0.6) is 0 Å². The highest BCUT2D eigenvalue weighted by molar-refractivity contribution is 6.97. The summed E-state index contributed by atoms with van der Waals surface area (Å²) in [6.45, 7) is 4.30. The lowest BCUT2D eigenvalue weighted by Gasteiger charge is -2.31. The summed E-state index contributed by atoms with van der Waals surface area (Å²) >= 11 is 0. The van der Waals surface area contributed by atoms with E-state index in [1.807, 2.05) is 48.5 Å². The molecule has 0 amide bonds. The van der Waals surface area contributed by atoms with Crippen LogP contribution < -0.4 is 10.4 Å². The highest BCUT2D eigenvalue weighted by atomic mass is 28.4. The zero-order chi connectivity index (χ0) is 19.8. The van der Waals surface area contributed by atoms with Crippen molar-refractivity contribution in [2.75, 3.05) is 0 Å². The lowest BCUT2D eigenvalue weighted by Crippen LogP contribution is -2.57.